The number of sulfonamides is 1. The molecule has 2 heterocycles. The second-order valence-corrected chi connectivity index (χ2v) is 9.10. The van der Waals surface area contributed by atoms with E-state index in [4.69, 9.17) is 0 Å². The van der Waals surface area contributed by atoms with E-state index in [1.807, 2.05) is 37.3 Å². The number of hydrogen-bond acceptors (Lipinski definition) is 4. The van der Waals surface area contributed by atoms with Gasteiger partial charge in [0.2, 0.25) is 15.6 Å². The van der Waals surface area contributed by atoms with Crippen LogP contribution in [0.5, 0.6) is 0 Å². The van der Waals surface area contributed by atoms with Crippen LogP contribution in [0.1, 0.15) is 12.5 Å². The summed E-state index contributed by atoms with van der Waals surface area (Å²) in [6, 6.07) is 13.1. The number of thiophene rings is 1. The fourth-order valence-corrected chi connectivity index (χ4v) is 4.74. The van der Waals surface area contributed by atoms with Crippen molar-refractivity contribution >= 4 is 26.4 Å². The molecule has 3 aromatic rings. The Kier molecular flexibility index (Phi) is 5.02. The zero-order valence-electron chi connectivity index (χ0n) is 14.8. The molecule has 0 spiro atoms. The molecule has 0 atom stereocenters. The van der Waals surface area contributed by atoms with Crippen molar-refractivity contribution in [1.82, 2.24) is 4.57 Å². The minimum Gasteiger partial charge on any atom is -0.318 e. The Bertz CT molecular complexity index is 1110. The summed E-state index contributed by atoms with van der Waals surface area (Å²) < 4.78 is 28.1. The molecule has 0 aliphatic carbocycles. The molecule has 0 aliphatic heterocycles. The number of pyridine rings is 1. The van der Waals surface area contributed by atoms with Gasteiger partial charge in [0.15, 0.2) is 0 Å². The van der Waals surface area contributed by atoms with Crippen LogP contribution >= 0.6 is 11.3 Å². The van der Waals surface area contributed by atoms with Crippen molar-refractivity contribution in [3.63, 3.8) is 0 Å². The third kappa shape index (κ3) is 3.73. The number of anilines is 1. The van der Waals surface area contributed by atoms with Gasteiger partial charge in [-0.2, -0.15) is 0 Å². The molecule has 3 rings (SSSR count). The molecule has 136 valence electrons. The summed E-state index contributed by atoms with van der Waals surface area (Å²) in [6.07, 6.45) is 1.77. The lowest BCUT2D eigenvalue weighted by Crippen LogP contribution is -2.14. The standard InChI is InChI=1S/C19H20N2O3S2/c1-4-26(23,24)20-17-11-16(14-9-10-18(22)21(3)12-14)19(25-17)15-8-6-5-7-13(15)2/h5-12,20H,4H2,1-3H3. The summed E-state index contributed by atoms with van der Waals surface area (Å²) in [5.41, 5.74) is 3.82. The fraction of sp³-hybridized carbons (Fsp3) is 0.211. The van der Waals surface area contributed by atoms with Gasteiger partial charge in [0.1, 0.15) is 5.00 Å². The molecule has 1 N–H and O–H groups in total. The van der Waals surface area contributed by atoms with E-state index in [9.17, 15) is 13.2 Å². The first-order valence-corrected chi connectivity index (χ1v) is 10.6. The van der Waals surface area contributed by atoms with Gasteiger partial charge in [0.05, 0.1) is 5.75 Å². The van der Waals surface area contributed by atoms with E-state index in [0.29, 0.717) is 5.00 Å². The minimum absolute atomic E-state index is 0.0137. The maximum atomic E-state index is 12.0. The van der Waals surface area contributed by atoms with Crippen LogP contribution in [0.2, 0.25) is 0 Å². The molecule has 0 amide bonds. The molecule has 5 nitrogen and oxygen atoms in total. The first kappa shape index (κ1) is 18.4. The average Bonchev–Trinajstić information content (AvgIpc) is 3.00. The molecule has 26 heavy (non-hydrogen) atoms. The Morgan fingerprint density at radius 3 is 2.50 bits per heavy atom. The van der Waals surface area contributed by atoms with Gasteiger partial charge >= 0.3 is 0 Å². The van der Waals surface area contributed by atoms with Crippen LogP contribution in [0, 0.1) is 6.92 Å². The molecular weight excluding hydrogens is 368 g/mol. The van der Waals surface area contributed by atoms with Gasteiger partial charge in [-0.15, -0.1) is 11.3 Å². The maximum absolute atomic E-state index is 12.0. The Balaban J connectivity index is 2.21. The summed E-state index contributed by atoms with van der Waals surface area (Å²) in [5.74, 6) is 0.0137. The molecule has 0 unspecified atom stereocenters. The van der Waals surface area contributed by atoms with E-state index in [1.54, 1.807) is 26.2 Å². The van der Waals surface area contributed by atoms with Crippen molar-refractivity contribution in [2.24, 2.45) is 7.05 Å². The molecule has 7 heteroatoms. The second-order valence-electron chi connectivity index (χ2n) is 6.04. The maximum Gasteiger partial charge on any atom is 0.250 e. The van der Waals surface area contributed by atoms with Crippen molar-refractivity contribution < 1.29 is 8.42 Å². The van der Waals surface area contributed by atoms with Crippen LogP contribution in [0.15, 0.2) is 53.5 Å². The Labute approximate surface area is 157 Å². The largest absolute Gasteiger partial charge is 0.318 e. The van der Waals surface area contributed by atoms with Crippen molar-refractivity contribution in [2.45, 2.75) is 13.8 Å². The normalized spacial score (nSPS) is 11.5. The zero-order chi connectivity index (χ0) is 18.9. The third-order valence-electron chi connectivity index (χ3n) is 4.15. The van der Waals surface area contributed by atoms with E-state index < -0.39 is 10.0 Å². The lowest BCUT2D eigenvalue weighted by Gasteiger charge is -2.08. The molecule has 0 radical (unpaired) electrons. The highest BCUT2D eigenvalue weighted by Crippen LogP contribution is 2.43. The smallest absolute Gasteiger partial charge is 0.250 e. The third-order valence-corrected chi connectivity index (χ3v) is 6.66. The summed E-state index contributed by atoms with van der Waals surface area (Å²) in [6.45, 7) is 3.63. The van der Waals surface area contributed by atoms with E-state index in [2.05, 4.69) is 4.72 Å². The van der Waals surface area contributed by atoms with Crippen LogP contribution < -0.4 is 10.3 Å². The topological polar surface area (TPSA) is 68.2 Å². The van der Waals surface area contributed by atoms with Crippen molar-refractivity contribution in [3.05, 3.63) is 64.6 Å². The van der Waals surface area contributed by atoms with Crippen molar-refractivity contribution in [3.8, 4) is 21.6 Å². The van der Waals surface area contributed by atoms with Crippen LogP contribution in [-0.2, 0) is 17.1 Å². The van der Waals surface area contributed by atoms with Crippen LogP contribution in [0.25, 0.3) is 21.6 Å². The monoisotopic (exact) mass is 388 g/mol. The lowest BCUT2D eigenvalue weighted by atomic mass is 10.0. The molecule has 0 saturated carbocycles. The summed E-state index contributed by atoms with van der Waals surface area (Å²) in [7, 11) is -1.66. The van der Waals surface area contributed by atoms with Gasteiger partial charge in [0, 0.05) is 29.8 Å². The highest BCUT2D eigenvalue weighted by molar-refractivity contribution is 7.92. The zero-order valence-corrected chi connectivity index (χ0v) is 16.4. The lowest BCUT2D eigenvalue weighted by molar-refractivity contribution is 0.602. The van der Waals surface area contributed by atoms with Gasteiger partial charge < -0.3 is 4.57 Å². The molecular formula is C19H20N2O3S2. The number of benzene rings is 1. The molecule has 2 aromatic heterocycles. The molecule has 1 aromatic carbocycles. The number of nitrogens with one attached hydrogen (secondary N) is 1. The highest BCUT2D eigenvalue weighted by atomic mass is 32.2. The first-order chi connectivity index (χ1) is 12.3. The highest BCUT2D eigenvalue weighted by Gasteiger charge is 2.17. The SMILES string of the molecule is CCS(=O)(=O)Nc1cc(-c2ccc(=O)n(C)c2)c(-c2ccccc2C)s1. The van der Waals surface area contributed by atoms with Crippen molar-refractivity contribution in [2.75, 3.05) is 10.5 Å². The summed E-state index contributed by atoms with van der Waals surface area (Å²) in [4.78, 5) is 12.7. The summed E-state index contributed by atoms with van der Waals surface area (Å²) in [5, 5.41) is 0.564. The van der Waals surface area contributed by atoms with Crippen LogP contribution in [0.3, 0.4) is 0 Å². The average molecular weight is 389 g/mol. The number of rotatable bonds is 5. The van der Waals surface area contributed by atoms with E-state index >= 15 is 0 Å². The van der Waals surface area contributed by atoms with Gasteiger partial charge in [-0.1, -0.05) is 24.3 Å². The molecule has 0 aliphatic rings. The Hall–Kier alpha value is -2.38. The van der Waals surface area contributed by atoms with Crippen LogP contribution in [0.4, 0.5) is 5.00 Å². The number of aromatic nitrogens is 1. The number of nitrogens with zero attached hydrogens (tertiary/aromatic N) is 1. The minimum atomic E-state index is -3.36. The van der Waals surface area contributed by atoms with Gasteiger partial charge in [-0.25, -0.2) is 8.42 Å². The number of hydrogen-bond donors (Lipinski definition) is 1. The Morgan fingerprint density at radius 2 is 1.85 bits per heavy atom. The van der Waals surface area contributed by atoms with Gasteiger partial charge in [-0.05, 0) is 42.7 Å². The molecule has 0 bridgehead atoms. The van der Waals surface area contributed by atoms with Gasteiger partial charge in [0.25, 0.3) is 0 Å². The first-order valence-electron chi connectivity index (χ1n) is 8.18. The second kappa shape index (κ2) is 7.09. The summed E-state index contributed by atoms with van der Waals surface area (Å²) >= 11 is 1.40. The number of aryl methyl sites for hydroxylation is 2. The van der Waals surface area contributed by atoms with Crippen LogP contribution in [-0.4, -0.2) is 18.7 Å². The van der Waals surface area contributed by atoms with E-state index in [1.165, 1.54) is 22.0 Å². The predicted molar refractivity (Wildman–Crippen MR) is 108 cm³/mol. The molecule has 0 fully saturated rings. The van der Waals surface area contributed by atoms with Gasteiger partial charge in [-0.3, -0.25) is 9.52 Å². The fourth-order valence-electron chi connectivity index (χ4n) is 2.66. The van der Waals surface area contributed by atoms with Crippen molar-refractivity contribution in [1.29, 1.82) is 0 Å². The molecule has 0 saturated heterocycles. The Morgan fingerprint density at radius 1 is 1.12 bits per heavy atom. The quantitative estimate of drug-likeness (QED) is 0.722. The van der Waals surface area contributed by atoms with E-state index in [0.717, 1.165) is 27.1 Å². The van der Waals surface area contributed by atoms with E-state index in [-0.39, 0.29) is 11.3 Å². The predicted octanol–water partition coefficient (Wildman–Crippen LogP) is 3.85.